The zero-order valence-electron chi connectivity index (χ0n) is 11.8. The minimum atomic E-state index is -1.12. The van der Waals surface area contributed by atoms with Gasteiger partial charge in [0.1, 0.15) is 0 Å². The van der Waals surface area contributed by atoms with Crippen LogP contribution in [0.1, 0.15) is 42.3 Å². The highest BCUT2D eigenvalue weighted by Gasteiger charge is 2.15. The Hall–Kier alpha value is -2.55. The molecule has 0 aliphatic carbocycles. The predicted molar refractivity (Wildman–Crippen MR) is 72.3 cm³/mol. The number of carboxylic acids is 1. The van der Waals surface area contributed by atoms with Gasteiger partial charge in [0.15, 0.2) is 0 Å². The zero-order valence-corrected chi connectivity index (χ0v) is 11.8. The number of isocyanates is 2. The summed E-state index contributed by atoms with van der Waals surface area (Å²) in [6.07, 6.45) is 1.00. The number of carbonyl (C=O) groups excluding carboxylic acids is 3. The van der Waals surface area contributed by atoms with E-state index in [4.69, 9.17) is 20.4 Å². The molecule has 0 heterocycles. The third kappa shape index (κ3) is 7.71. The van der Waals surface area contributed by atoms with Crippen molar-refractivity contribution in [3.05, 3.63) is 45.7 Å². The van der Waals surface area contributed by atoms with Gasteiger partial charge in [-0.15, -0.1) is 0 Å². The number of hydrogen-bond acceptors (Lipinski definition) is 4. The first-order valence-corrected chi connectivity index (χ1v) is 5.50. The molecule has 108 valence electrons. The number of aryl methyl sites for hydroxylation is 1. The number of carboxylic acid groups (broad SMARTS) is 1. The van der Waals surface area contributed by atoms with Gasteiger partial charge in [-0.25, -0.2) is 0 Å². The van der Waals surface area contributed by atoms with Crippen molar-refractivity contribution in [1.82, 2.24) is 0 Å². The molecule has 0 saturated carbocycles. The second kappa shape index (κ2) is 9.39. The van der Waals surface area contributed by atoms with Crippen molar-refractivity contribution in [2.45, 2.75) is 33.1 Å². The minimum Gasteiger partial charge on any atom is -0.724 e. The van der Waals surface area contributed by atoms with Crippen LogP contribution in [0.3, 0.4) is 0 Å². The Kier molecular flexibility index (Phi) is 9.29. The molecule has 1 rings (SSSR count). The topological polar surface area (TPSA) is 119 Å². The smallest absolute Gasteiger partial charge is 0.0715 e. The van der Waals surface area contributed by atoms with Crippen LogP contribution in [-0.2, 0) is 15.0 Å². The molecule has 0 spiro atoms. The average Bonchev–Trinajstić information content (AvgIpc) is 2.29. The van der Waals surface area contributed by atoms with Crippen molar-refractivity contribution < 1.29 is 19.5 Å². The fourth-order valence-electron chi connectivity index (χ4n) is 1.63. The first-order valence-electron chi connectivity index (χ1n) is 5.50. The van der Waals surface area contributed by atoms with Crippen LogP contribution in [0.5, 0.6) is 0 Å². The third-order valence-electron chi connectivity index (χ3n) is 2.27. The molecule has 0 N–H and O–H groups in total. The van der Waals surface area contributed by atoms with Gasteiger partial charge >= 0.3 is 0 Å². The lowest BCUT2D eigenvalue weighted by molar-refractivity contribution is -0.255. The van der Waals surface area contributed by atoms with E-state index in [2.05, 4.69) is 20.8 Å². The molecule has 1 aromatic carbocycles. The van der Waals surface area contributed by atoms with Crippen molar-refractivity contribution >= 4 is 18.1 Å². The Morgan fingerprint density at radius 2 is 1.55 bits per heavy atom. The second-order valence-electron chi connectivity index (χ2n) is 4.75. The summed E-state index contributed by atoms with van der Waals surface area (Å²) >= 11 is 0. The maximum absolute atomic E-state index is 10.6. The number of carbonyl (C=O) groups is 1. The van der Waals surface area contributed by atoms with Crippen LogP contribution in [0.4, 0.5) is 0 Å². The number of hydrogen-bond donors (Lipinski definition) is 0. The molecule has 6 heteroatoms. The molecule has 0 fully saturated rings. The van der Waals surface area contributed by atoms with Gasteiger partial charge in [-0.3, -0.25) is 9.59 Å². The first-order chi connectivity index (χ1) is 9.15. The maximum atomic E-state index is 10.6. The molecule has 0 aliphatic rings. The summed E-state index contributed by atoms with van der Waals surface area (Å²) in [5, 5.41) is 24.1. The summed E-state index contributed by atoms with van der Waals surface area (Å²) < 4.78 is 0. The molecule has 0 unspecified atom stereocenters. The molecular formula is C14H15N2O4-3. The lowest BCUT2D eigenvalue weighted by Crippen LogP contribution is -2.23. The average molecular weight is 275 g/mol. The van der Waals surface area contributed by atoms with E-state index in [1.54, 1.807) is 12.1 Å². The quantitative estimate of drug-likeness (QED) is 0.568. The van der Waals surface area contributed by atoms with Gasteiger partial charge in [0.2, 0.25) is 0 Å². The fraction of sp³-hybridized carbons (Fsp3) is 0.357. The first kappa shape index (κ1) is 19.8. The Morgan fingerprint density at radius 3 is 1.80 bits per heavy atom. The number of benzene rings is 1. The molecule has 0 saturated heterocycles. The number of nitrogens with zero attached hydrogens (tertiary/aromatic N) is 2. The van der Waals surface area contributed by atoms with Crippen molar-refractivity contribution in [2.24, 2.45) is 0 Å². The Labute approximate surface area is 117 Å². The van der Waals surface area contributed by atoms with Crippen LogP contribution in [0, 0.1) is 6.92 Å². The van der Waals surface area contributed by atoms with E-state index in [0.717, 1.165) is 5.56 Å². The van der Waals surface area contributed by atoms with Crippen LogP contribution in [0.15, 0.2) is 18.2 Å². The van der Waals surface area contributed by atoms with Gasteiger partial charge in [0.05, 0.1) is 5.97 Å². The summed E-state index contributed by atoms with van der Waals surface area (Å²) in [7, 11) is 0. The van der Waals surface area contributed by atoms with E-state index in [-0.39, 0.29) is 11.0 Å². The molecule has 1 aromatic rings. The van der Waals surface area contributed by atoms with Crippen molar-refractivity contribution in [2.75, 3.05) is 0 Å². The lowest BCUT2D eigenvalue weighted by Gasteiger charge is -2.22. The van der Waals surface area contributed by atoms with Gasteiger partial charge in [-0.2, -0.15) is 0 Å². The number of rotatable bonds is 1. The largest absolute Gasteiger partial charge is 0.724 e. The summed E-state index contributed by atoms with van der Waals surface area (Å²) in [6, 6.07) is 5.12. The summed E-state index contributed by atoms with van der Waals surface area (Å²) in [4.78, 5) is 27.1. The van der Waals surface area contributed by atoms with Crippen LogP contribution < -0.4 is 5.11 Å². The standard InChI is InChI=1S/C12H16O2.2CNO/c1-8-7-9(11(13)14)5-6-10(8)12(2,3)4;2*2-1-3/h5-7H,1-4H3,(H,13,14);;/q;2*-1/p-1. The van der Waals surface area contributed by atoms with E-state index < -0.39 is 5.97 Å². The zero-order chi connectivity index (χ0) is 16.3. The molecule has 0 atom stereocenters. The molecule has 0 bridgehead atoms. The van der Waals surface area contributed by atoms with Gasteiger partial charge in [-0.05, 0) is 47.3 Å². The van der Waals surface area contributed by atoms with Crippen LogP contribution in [-0.4, -0.2) is 18.1 Å². The molecule has 0 aromatic heterocycles. The highest BCUT2D eigenvalue weighted by atomic mass is 16.4. The van der Waals surface area contributed by atoms with Crippen molar-refractivity contribution in [3.8, 4) is 0 Å². The Balaban J connectivity index is 0. The van der Waals surface area contributed by atoms with Gasteiger partial charge in [0, 0.05) is 0 Å². The Bertz CT molecular complexity index is 506. The molecule has 20 heavy (non-hydrogen) atoms. The summed E-state index contributed by atoms with van der Waals surface area (Å²) in [6.45, 7) is 8.24. The SMILES string of the molecule is Cc1cc(C(=O)[O-])ccc1C(C)(C)C.[N-]=C=O.[N-]=C=O. The summed E-state index contributed by atoms with van der Waals surface area (Å²) in [5.74, 6) is -1.12. The van der Waals surface area contributed by atoms with E-state index in [1.165, 1.54) is 5.56 Å². The van der Waals surface area contributed by atoms with Gasteiger partial charge < -0.3 is 20.7 Å². The monoisotopic (exact) mass is 275 g/mol. The molecular weight excluding hydrogens is 260 g/mol. The van der Waals surface area contributed by atoms with E-state index in [9.17, 15) is 9.90 Å². The highest BCUT2D eigenvalue weighted by molar-refractivity contribution is 5.86. The normalized spacial score (nSPS) is 8.80. The molecule has 6 nitrogen and oxygen atoms in total. The maximum Gasteiger partial charge on any atom is 0.0715 e. The van der Waals surface area contributed by atoms with Gasteiger partial charge in [-0.1, -0.05) is 32.9 Å². The fourth-order valence-corrected chi connectivity index (χ4v) is 1.63. The lowest BCUT2D eigenvalue weighted by atomic mass is 9.83. The number of aromatic carboxylic acids is 1. The van der Waals surface area contributed by atoms with E-state index in [1.807, 2.05) is 13.0 Å². The van der Waals surface area contributed by atoms with Gasteiger partial charge in [0.25, 0.3) is 0 Å². The van der Waals surface area contributed by atoms with Crippen LogP contribution >= 0.6 is 0 Å². The predicted octanol–water partition coefficient (Wildman–Crippen LogP) is 1.44. The van der Waals surface area contributed by atoms with Crippen molar-refractivity contribution in [1.29, 1.82) is 0 Å². The minimum absolute atomic E-state index is 0.0501. The molecule has 0 amide bonds. The Morgan fingerprint density at radius 1 is 1.15 bits per heavy atom. The second-order valence-corrected chi connectivity index (χ2v) is 4.75. The molecule has 0 radical (unpaired) electrons. The van der Waals surface area contributed by atoms with E-state index >= 15 is 0 Å². The highest BCUT2D eigenvalue weighted by Crippen LogP contribution is 2.25. The van der Waals surface area contributed by atoms with Crippen LogP contribution in [0.2, 0.25) is 0 Å². The third-order valence-corrected chi connectivity index (χ3v) is 2.27. The summed E-state index contributed by atoms with van der Waals surface area (Å²) in [5.41, 5.74) is 2.46. The van der Waals surface area contributed by atoms with Crippen molar-refractivity contribution in [3.63, 3.8) is 0 Å². The van der Waals surface area contributed by atoms with E-state index in [0.29, 0.717) is 12.2 Å². The van der Waals surface area contributed by atoms with Crippen LogP contribution in [0.25, 0.3) is 10.8 Å². The molecule has 0 aliphatic heterocycles.